The number of aromatic carboxylic acids is 1. The van der Waals surface area contributed by atoms with E-state index < -0.39 is 5.97 Å². The number of carboxylic acids is 1. The lowest BCUT2D eigenvalue weighted by molar-refractivity contribution is -0.119. The molecule has 1 heterocycles. The van der Waals surface area contributed by atoms with E-state index in [1.54, 1.807) is 12.3 Å². The summed E-state index contributed by atoms with van der Waals surface area (Å²) in [6, 6.07) is 9.46. The Balaban J connectivity index is 2.09. The Morgan fingerprint density at radius 3 is 2.45 bits per heavy atom. The number of amides is 1. The lowest BCUT2D eigenvalue weighted by atomic mass is 10.0. The molecule has 0 aliphatic heterocycles. The van der Waals surface area contributed by atoms with Crippen molar-refractivity contribution in [2.75, 3.05) is 0 Å². The summed E-state index contributed by atoms with van der Waals surface area (Å²) in [5.41, 5.74) is 3.12. The smallest absolute Gasteiger partial charge is 0.337 e. The molecule has 2 rings (SSSR count). The van der Waals surface area contributed by atoms with Crippen LogP contribution >= 0.6 is 0 Å². The fourth-order valence-electron chi connectivity index (χ4n) is 2.25. The number of rotatable bonds is 5. The molecule has 2 aromatic rings. The van der Waals surface area contributed by atoms with Crippen LogP contribution in [0, 0.1) is 0 Å². The molecule has 0 saturated heterocycles. The highest BCUT2D eigenvalue weighted by Crippen LogP contribution is 2.16. The average molecular weight is 298 g/mol. The van der Waals surface area contributed by atoms with Gasteiger partial charge in [-0.25, -0.2) is 4.79 Å². The summed E-state index contributed by atoms with van der Waals surface area (Å²) in [5.74, 6) is -1.04. The molecule has 0 fully saturated rings. The van der Waals surface area contributed by atoms with Gasteiger partial charge in [0.15, 0.2) is 0 Å². The minimum atomic E-state index is -0.978. The van der Waals surface area contributed by atoms with E-state index in [0.717, 1.165) is 16.7 Å². The second-order valence-corrected chi connectivity index (χ2v) is 5.23. The quantitative estimate of drug-likeness (QED) is 0.889. The van der Waals surface area contributed by atoms with Gasteiger partial charge in [0.2, 0.25) is 5.91 Å². The van der Waals surface area contributed by atoms with Crippen molar-refractivity contribution >= 4 is 11.9 Å². The van der Waals surface area contributed by atoms with E-state index in [-0.39, 0.29) is 17.5 Å². The maximum Gasteiger partial charge on any atom is 0.337 e. The lowest BCUT2D eigenvalue weighted by Crippen LogP contribution is -2.23. The van der Waals surface area contributed by atoms with Crippen LogP contribution in [0.15, 0.2) is 42.7 Å². The molecular weight excluding hydrogens is 280 g/mol. The number of hydrogen-bond acceptors (Lipinski definition) is 3. The average Bonchev–Trinajstić information content (AvgIpc) is 2.47. The summed E-state index contributed by atoms with van der Waals surface area (Å²) < 4.78 is 0. The molecule has 0 bridgehead atoms. The first-order chi connectivity index (χ1) is 10.5. The number of nitrogens with zero attached hydrogens (tertiary/aromatic N) is 1. The SMILES string of the molecule is CC(=O)N[C@H](C)c1ccc(Cc2cncc(C(=O)O)c2)cc1. The maximum absolute atomic E-state index is 11.1. The molecule has 5 heteroatoms. The largest absolute Gasteiger partial charge is 0.478 e. The Morgan fingerprint density at radius 2 is 1.86 bits per heavy atom. The molecule has 0 spiro atoms. The molecule has 0 unspecified atom stereocenters. The van der Waals surface area contributed by atoms with Gasteiger partial charge in [-0.1, -0.05) is 24.3 Å². The summed E-state index contributed by atoms with van der Waals surface area (Å²) >= 11 is 0. The normalized spacial score (nSPS) is 11.7. The minimum Gasteiger partial charge on any atom is -0.478 e. The van der Waals surface area contributed by atoms with Crippen LogP contribution in [0.1, 0.15) is 46.9 Å². The molecule has 22 heavy (non-hydrogen) atoms. The van der Waals surface area contributed by atoms with Crippen molar-refractivity contribution in [3.05, 3.63) is 65.0 Å². The number of carboxylic acid groups (broad SMARTS) is 1. The molecule has 5 nitrogen and oxygen atoms in total. The Morgan fingerprint density at radius 1 is 1.18 bits per heavy atom. The van der Waals surface area contributed by atoms with Crippen molar-refractivity contribution in [1.82, 2.24) is 10.3 Å². The maximum atomic E-state index is 11.1. The molecule has 1 aromatic carbocycles. The van der Waals surface area contributed by atoms with E-state index in [4.69, 9.17) is 5.11 Å². The van der Waals surface area contributed by atoms with Crippen molar-refractivity contribution in [2.24, 2.45) is 0 Å². The van der Waals surface area contributed by atoms with E-state index in [2.05, 4.69) is 10.3 Å². The van der Waals surface area contributed by atoms with Gasteiger partial charge >= 0.3 is 5.97 Å². The third kappa shape index (κ3) is 4.15. The van der Waals surface area contributed by atoms with Gasteiger partial charge in [-0.3, -0.25) is 9.78 Å². The summed E-state index contributed by atoms with van der Waals surface area (Å²) in [6.07, 6.45) is 3.62. The van der Waals surface area contributed by atoms with Crippen molar-refractivity contribution in [3.63, 3.8) is 0 Å². The summed E-state index contributed by atoms with van der Waals surface area (Å²) in [6.45, 7) is 3.42. The van der Waals surface area contributed by atoms with Crippen LogP contribution in [0.25, 0.3) is 0 Å². The number of hydrogen-bond donors (Lipinski definition) is 2. The van der Waals surface area contributed by atoms with Gasteiger partial charge in [0, 0.05) is 19.3 Å². The Bertz CT molecular complexity index is 681. The predicted molar refractivity (Wildman–Crippen MR) is 82.7 cm³/mol. The molecule has 0 aliphatic carbocycles. The second kappa shape index (κ2) is 6.85. The molecule has 1 aromatic heterocycles. The van der Waals surface area contributed by atoms with Gasteiger partial charge in [-0.05, 0) is 36.1 Å². The van der Waals surface area contributed by atoms with Crippen molar-refractivity contribution in [2.45, 2.75) is 26.3 Å². The fraction of sp³-hybridized carbons (Fsp3) is 0.235. The van der Waals surface area contributed by atoms with Gasteiger partial charge in [-0.15, -0.1) is 0 Å². The Kier molecular flexibility index (Phi) is 4.88. The molecule has 1 atom stereocenters. The van der Waals surface area contributed by atoms with E-state index >= 15 is 0 Å². The van der Waals surface area contributed by atoms with Gasteiger partial charge in [0.1, 0.15) is 0 Å². The van der Waals surface area contributed by atoms with Crippen molar-refractivity contribution in [3.8, 4) is 0 Å². The van der Waals surface area contributed by atoms with Gasteiger partial charge < -0.3 is 10.4 Å². The van der Waals surface area contributed by atoms with E-state index in [9.17, 15) is 9.59 Å². The fourth-order valence-corrected chi connectivity index (χ4v) is 2.25. The number of carbonyl (C=O) groups excluding carboxylic acids is 1. The van der Waals surface area contributed by atoms with E-state index in [1.165, 1.54) is 13.1 Å². The van der Waals surface area contributed by atoms with Crippen LogP contribution in [0.4, 0.5) is 0 Å². The first kappa shape index (κ1) is 15.7. The van der Waals surface area contributed by atoms with Crippen LogP contribution in [-0.4, -0.2) is 22.0 Å². The standard InChI is InChI=1S/C17H18N2O3/c1-11(19-12(2)20)15-5-3-13(4-6-15)7-14-8-16(17(21)22)10-18-9-14/h3-6,8-11H,7H2,1-2H3,(H,19,20)(H,21,22)/t11-/m1/s1. The van der Waals surface area contributed by atoms with Crippen LogP contribution < -0.4 is 5.32 Å². The lowest BCUT2D eigenvalue weighted by Gasteiger charge is -2.13. The molecule has 0 aliphatic rings. The number of carbonyl (C=O) groups is 2. The van der Waals surface area contributed by atoms with Crippen molar-refractivity contribution in [1.29, 1.82) is 0 Å². The predicted octanol–water partition coefficient (Wildman–Crippen LogP) is 2.57. The molecular formula is C17H18N2O3. The van der Waals surface area contributed by atoms with E-state index in [0.29, 0.717) is 6.42 Å². The third-order valence-corrected chi connectivity index (χ3v) is 3.35. The van der Waals surface area contributed by atoms with Gasteiger partial charge in [0.05, 0.1) is 11.6 Å². The number of aromatic nitrogens is 1. The monoisotopic (exact) mass is 298 g/mol. The molecule has 1 amide bonds. The zero-order valence-corrected chi connectivity index (χ0v) is 12.5. The van der Waals surface area contributed by atoms with Crippen LogP contribution in [0.3, 0.4) is 0 Å². The minimum absolute atomic E-state index is 0.0384. The van der Waals surface area contributed by atoms with Crippen LogP contribution in [-0.2, 0) is 11.2 Å². The first-order valence-corrected chi connectivity index (χ1v) is 6.99. The zero-order chi connectivity index (χ0) is 16.1. The summed E-state index contributed by atoms with van der Waals surface area (Å²) in [7, 11) is 0. The van der Waals surface area contributed by atoms with Crippen molar-refractivity contribution < 1.29 is 14.7 Å². The summed E-state index contributed by atoms with van der Waals surface area (Å²) in [4.78, 5) is 25.9. The second-order valence-electron chi connectivity index (χ2n) is 5.23. The number of benzene rings is 1. The molecule has 2 N–H and O–H groups in total. The number of pyridine rings is 1. The Hall–Kier alpha value is -2.69. The highest BCUT2D eigenvalue weighted by atomic mass is 16.4. The van der Waals surface area contributed by atoms with Crippen LogP contribution in [0.2, 0.25) is 0 Å². The Labute approximate surface area is 129 Å². The number of nitrogens with one attached hydrogen (secondary N) is 1. The highest BCUT2D eigenvalue weighted by Gasteiger charge is 2.07. The molecule has 0 radical (unpaired) electrons. The highest BCUT2D eigenvalue weighted by molar-refractivity contribution is 5.87. The molecule has 0 saturated carbocycles. The van der Waals surface area contributed by atoms with E-state index in [1.807, 2.05) is 31.2 Å². The van der Waals surface area contributed by atoms with Crippen LogP contribution in [0.5, 0.6) is 0 Å². The van der Waals surface area contributed by atoms with Gasteiger partial charge in [-0.2, -0.15) is 0 Å². The van der Waals surface area contributed by atoms with Gasteiger partial charge in [0.25, 0.3) is 0 Å². The topological polar surface area (TPSA) is 79.3 Å². The summed E-state index contributed by atoms with van der Waals surface area (Å²) in [5, 5.41) is 11.8. The third-order valence-electron chi connectivity index (χ3n) is 3.35. The molecule has 114 valence electrons. The zero-order valence-electron chi connectivity index (χ0n) is 12.5. The first-order valence-electron chi connectivity index (χ1n) is 6.99.